The summed E-state index contributed by atoms with van der Waals surface area (Å²) < 4.78 is 6.03. The highest BCUT2D eigenvalue weighted by Gasteiger charge is 2.06. The lowest BCUT2D eigenvalue weighted by atomic mass is 10.0. The molecule has 33 heavy (non-hydrogen) atoms. The van der Waals surface area contributed by atoms with Gasteiger partial charge in [0.15, 0.2) is 0 Å². The van der Waals surface area contributed by atoms with E-state index in [-0.39, 0.29) is 23.0 Å². The van der Waals surface area contributed by atoms with E-state index in [1.54, 1.807) is 36.4 Å². The molecule has 5 nitrogen and oxygen atoms in total. The van der Waals surface area contributed by atoms with Gasteiger partial charge in [-0.15, -0.1) is 0 Å². The molecule has 0 aliphatic heterocycles. The van der Waals surface area contributed by atoms with Crippen molar-refractivity contribution in [3.05, 3.63) is 107 Å². The van der Waals surface area contributed by atoms with Crippen LogP contribution in [0.15, 0.2) is 84.9 Å². The number of rotatable bonds is 8. The largest absolute Gasteiger partial charge is 0.508 e. The van der Waals surface area contributed by atoms with Crippen molar-refractivity contribution in [2.24, 2.45) is 0 Å². The Balaban J connectivity index is 1.41. The summed E-state index contributed by atoms with van der Waals surface area (Å²) in [4.78, 5) is 0. The van der Waals surface area contributed by atoms with Crippen LogP contribution in [0, 0.1) is 0 Å². The Morgan fingerprint density at radius 1 is 0.424 bits per heavy atom. The lowest BCUT2D eigenvalue weighted by molar-refractivity contribution is 0.448. The number of phenolic OH excluding ortho intramolecular Hbond substituents is 4. The summed E-state index contributed by atoms with van der Waals surface area (Å²) in [7, 11) is 0. The van der Waals surface area contributed by atoms with Crippen molar-refractivity contribution in [1.29, 1.82) is 0 Å². The SMILES string of the molecule is Oc1ccc(CCc2cc(O)cc(Oc3cccc(CCc4cc(O)cc(O)c4)c3)c2)cc1. The van der Waals surface area contributed by atoms with Crippen molar-refractivity contribution >= 4 is 0 Å². The summed E-state index contributed by atoms with van der Waals surface area (Å²) >= 11 is 0. The Morgan fingerprint density at radius 2 is 0.970 bits per heavy atom. The number of benzene rings is 4. The van der Waals surface area contributed by atoms with Crippen LogP contribution in [-0.2, 0) is 25.7 Å². The van der Waals surface area contributed by atoms with E-state index in [0.717, 1.165) is 41.5 Å². The molecule has 4 rings (SSSR count). The van der Waals surface area contributed by atoms with Crippen LogP contribution in [0.2, 0.25) is 0 Å². The van der Waals surface area contributed by atoms with Gasteiger partial charge in [0.1, 0.15) is 34.5 Å². The normalized spacial score (nSPS) is 10.8. The van der Waals surface area contributed by atoms with Crippen LogP contribution in [0.1, 0.15) is 22.3 Å². The summed E-state index contributed by atoms with van der Waals surface area (Å²) in [5, 5.41) is 38.9. The molecular weight excluding hydrogens is 416 g/mol. The van der Waals surface area contributed by atoms with E-state index in [2.05, 4.69) is 0 Å². The molecule has 0 spiro atoms. The van der Waals surface area contributed by atoms with Gasteiger partial charge in [-0.3, -0.25) is 0 Å². The van der Waals surface area contributed by atoms with Crippen molar-refractivity contribution in [2.75, 3.05) is 0 Å². The molecule has 0 unspecified atom stereocenters. The monoisotopic (exact) mass is 442 g/mol. The first-order valence-corrected chi connectivity index (χ1v) is 10.8. The molecular formula is C28H26O5. The Labute approximate surface area is 192 Å². The van der Waals surface area contributed by atoms with Gasteiger partial charge in [-0.25, -0.2) is 0 Å². The van der Waals surface area contributed by atoms with Gasteiger partial charge in [-0.05, 0) is 96.5 Å². The number of ether oxygens (including phenoxy) is 1. The molecule has 5 heteroatoms. The van der Waals surface area contributed by atoms with Crippen LogP contribution in [0.4, 0.5) is 0 Å². The van der Waals surface area contributed by atoms with Crippen molar-refractivity contribution in [3.63, 3.8) is 0 Å². The quantitative estimate of drug-likeness (QED) is 0.274. The van der Waals surface area contributed by atoms with Gasteiger partial charge in [0, 0.05) is 12.1 Å². The first-order valence-electron chi connectivity index (χ1n) is 10.8. The van der Waals surface area contributed by atoms with Gasteiger partial charge in [-0.2, -0.15) is 0 Å². The van der Waals surface area contributed by atoms with Crippen LogP contribution in [0.3, 0.4) is 0 Å². The number of aryl methyl sites for hydroxylation is 4. The minimum atomic E-state index is 0.0483. The Morgan fingerprint density at radius 3 is 1.67 bits per heavy atom. The first-order chi connectivity index (χ1) is 15.9. The fourth-order valence-corrected chi connectivity index (χ4v) is 3.79. The molecule has 4 N–H and O–H groups in total. The van der Waals surface area contributed by atoms with E-state index in [9.17, 15) is 20.4 Å². The lowest BCUT2D eigenvalue weighted by Gasteiger charge is -2.11. The highest BCUT2D eigenvalue weighted by Crippen LogP contribution is 2.29. The third-order valence-electron chi connectivity index (χ3n) is 5.39. The van der Waals surface area contributed by atoms with Crippen molar-refractivity contribution in [2.45, 2.75) is 25.7 Å². The van der Waals surface area contributed by atoms with E-state index >= 15 is 0 Å². The van der Waals surface area contributed by atoms with Gasteiger partial charge < -0.3 is 25.2 Å². The van der Waals surface area contributed by atoms with Gasteiger partial charge in [-0.1, -0.05) is 24.3 Å². The fraction of sp³-hybridized carbons (Fsp3) is 0.143. The van der Waals surface area contributed by atoms with Crippen LogP contribution < -0.4 is 4.74 Å². The van der Waals surface area contributed by atoms with Crippen LogP contribution in [0.5, 0.6) is 34.5 Å². The van der Waals surface area contributed by atoms with Crippen LogP contribution in [-0.4, -0.2) is 20.4 Å². The minimum Gasteiger partial charge on any atom is -0.508 e. The van der Waals surface area contributed by atoms with Gasteiger partial charge in [0.2, 0.25) is 0 Å². The molecule has 0 heterocycles. The summed E-state index contributed by atoms with van der Waals surface area (Å²) in [6.07, 6.45) is 2.90. The number of aromatic hydroxyl groups is 4. The maximum Gasteiger partial charge on any atom is 0.131 e. The van der Waals surface area contributed by atoms with Crippen molar-refractivity contribution in [3.8, 4) is 34.5 Å². The number of phenols is 4. The van der Waals surface area contributed by atoms with E-state index < -0.39 is 0 Å². The molecule has 0 aromatic heterocycles. The van der Waals surface area contributed by atoms with E-state index in [4.69, 9.17) is 4.74 Å². The summed E-state index contributed by atoms with van der Waals surface area (Å²) in [5.41, 5.74) is 3.97. The number of hydrogen-bond acceptors (Lipinski definition) is 5. The molecule has 0 fully saturated rings. The van der Waals surface area contributed by atoms with E-state index in [0.29, 0.717) is 17.9 Å². The van der Waals surface area contributed by atoms with Gasteiger partial charge in [0.05, 0.1) is 0 Å². The van der Waals surface area contributed by atoms with Crippen LogP contribution in [0.25, 0.3) is 0 Å². The average molecular weight is 443 g/mol. The summed E-state index contributed by atoms with van der Waals surface area (Å²) in [5.74, 6) is 1.72. The van der Waals surface area contributed by atoms with Crippen molar-refractivity contribution in [1.82, 2.24) is 0 Å². The summed E-state index contributed by atoms with van der Waals surface area (Å²) in [6.45, 7) is 0. The fourth-order valence-electron chi connectivity index (χ4n) is 3.79. The zero-order valence-corrected chi connectivity index (χ0v) is 18.1. The molecule has 0 bridgehead atoms. The zero-order valence-electron chi connectivity index (χ0n) is 18.1. The highest BCUT2D eigenvalue weighted by molar-refractivity contribution is 5.42. The van der Waals surface area contributed by atoms with Crippen molar-refractivity contribution < 1.29 is 25.2 Å². The second-order valence-corrected chi connectivity index (χ2v) is 8.11. The second kappa shape index (κ2) is 10.0. The molecule has 0 saturated heterocycles. The summed E-state index contributed by atoms with van der Waals surface area (Å²) in [6, 6.07) is 24.7. The maximum atomic E-state index is 10.2. The topological polar surface area (TPSA) is 90.2 Å². The zero-order chi connectivity index (χ0) is 23.2. The number of hydrogen-bond donors (Lipinski definition) is 4. The highest BCUT2D eigenvalue weighted by atomic mass is 16.5. The average Bonchev–Trinajstić information content (AvgIpc) is 2.77. The molecule has 0 aliphatic rings. The maximum absolute atomic E-state index is 10.2. The molecule has 0 amide bonds. The molecule has 0 aliphatic carbocycles. The molecule has 4 aromatic carbocycles. The van der Waals surface area contributed by atoms with Crippen LogP contribution >= 0.6 is 0 Å². The predicted octanol–water partition coefficient (Wildman–Crippen LogP) is 5.87. The molecule has 4 aromatic rings. The van der Waals surface area contributed by atoms with E-state index in [1.165, 1.54) is 6.07 Å². The van der Waals surface area contributed by atoms with Gasteiger partial charge in [0.25, 0.3) is 0 Å². The molecule has 0 atom stereocenters. The predicted molar refractivity (Wildman–Crippen MR) is 127 cm³/mol. The second-order valence-electron chi connectivity index (χ2n) is 8.11. The Kier molecular flexibility index (Phi) is 6.69. The molecule has 0 saturated carbocycles. The molecule has 168 valence electrons. The third kappa shape index (κ3) is 6.43. The minimum absolute atomic E-state index is 0.0483. The van der Waals surface area contributed by atoms with E-state index in [1.807, 2.05) is 42.5 Å². The third-order valence-corrected chi connectivity index (χ3v) is 5.39. The Bertz CT molecular complexity index is 1210. The first kappa shape index (κ1) is 22.1. The standard InChI is InChI=1S/C28H26O5/c29-23-10-8-19(9-11-23)4-6-22-14-26(32)18-28(16-22)33-27-3-1-2-20(15-27)5-7-21-12-24(30)17-25(31)13-21/h1-3,8-18,29-32H,4-7H2. The van der Waals surface area contributed by atoms with Gasteiger partial charge >= 0.3 is 0 Å². The smallest absolute Gasteiger partial charge is 0.131 e. The lowest BCUT2D eigenvalue weighted by Crippen LogP contribution is -1.94. The Hall–Kier alpha value is -4.12. The molecule has 0 radical (unpaired) electrons.